The first-order valence-electron chi connectivity index (χ1n) is 6.93. The smallest absolute Gasteiger partial charge is 0.240 e. The van der Waals surface area contributed by atoms with Crippen LogP contribution < -0.4 is 0 Å². The first-order chi connectivity index (χ1) is 8.83. The van der Waals surface area contributed by atoms with E-state index >= 15 is 0 Å². The maximum Gasteiger partial charge on any atom is 0.240 e. The highest BCUT2D eigenvalue weighted by molar-refractivity contribution is 4.97. The van der Waals surface area contributed by atoms with E-state index in [0.717, 1.165) is 37.9 Å². The lowest BCUT2D eigenvalue weighted by Gasteiger charge is -2.21. The fourth-order valence-corrected chi connectivity index (χ4v) is 2.92. The zero-order chi connectivity index (χ0) is 12.4. The van der Waals surface area contributed by atoms with Gasteiger partial charge in [0, 0.05) is 18.6 Å². The van der Waals surface area contributed by atoms with Crippen molar-refractivity contribution in [2.24, 2.45) is 0 Å². The maximum atomic E-state index is 5.35. The number of aromatic nitrogens is 2. The van der Waals surface area contributed by atoms with Gasteiger partial charge in [-0.1, -0.05) is 18.0 Å². The summed E-state index contributed by atoms with van der Waals surface area (Å²) in [5.41, 5.74) is 0. The standard InChI is InChI=1S/C13H21N3O2/c1-16(11-4-2-3-5-11)8-12-14-13(15-18-12)10-6-7-17-9-10/h10-11H,2-9H2,1H3/t10-/m1/s1. The minimum absolute atomic E-state index is 0.333. The van der Waals surface area contributed by atoms with E-state index in [-0.39, 0.29) is 0 Å². The minimum atomic E-state index is 0.333. The molecule has 0 N–H and O–H groups in total. The molecular weight excluding hydrogens is 230 g/mol. The molecule has 5 nitrogen and oxygen atoms in total. The van der Waals surface area contributed by atoms with E-state index in [1.807, 2.05) is 0 Å². The van der Waals surface area contributed by atoms with Crippen molar-refractivity contribution in [3.8, 4) is 0 Å². The molecule has 1 saturated carbocycles. The monoisotopic (exact) mass is 251 g/mol. The molecule has 2 heterocycles. The molecule has 1 saturated heterocycles. The van der Waals surface area contributed by atoms with Gasteiger partial charge in [-0.25, -0.2) is 0 Å². The second-order valence-corrected chi connectivity index (χ2v) is 5.46. The van der Waals surface area contributed by atoms with Crippen molar-refractivity contribution in [3.05, 3.63) is 11.7 Å². The summed E-state index contributed by atoms with van der Waals surface area (Å²) in [4.78, 5) is 6.85. The third-order valence-electron chi connectivity index (χ3n) is 4.11. The molecule has 1 aromatic rings. The summed E-state index contributed by atoms with van der Waals surface area (Å²) in [5.74, 6) is 1.90. The van der Waals surface area contributed by atoms with Crippen molar-refractivity contribution in [3.63, 3.8) is 0 Å². The van der Waals surface area contributed by atoms with Crippen LogP contribution in [0.15, 0.2) is 4.52 Å². The van der Waals surface area contributed by atoms with Gasteiger partial charge in [0.05, 0.1) is 13.2 Å². The number of hydrogen-bond acceptors (Lipinski definition) is 5. The largest absolute Gasteiger partial charge is 0.381 e. The molecule has 0 unspecified atom stereocenters. The lowest BCUT2D eigenvalue weighted by atomic mass is 10.1. The summed E-state index contributed by atoms with van der Waals surface area (Å²) in [6.45, 7) is 2.32. The van der Waals surface area contributed by atoms with Gasteiger partial charge in [-0.2, -0.15) is 4.98 Å². The van der Waals surface area contributed by atoms with Crippen molar-refractivity contribution in [2.45, 2.75) is 50.6 Å². The SMILES string of the molecule is CN(Cc1nc([C@@H]2CCOC2)no1)C1CCCC1. The number of ether oxygens (including phenoxy) is 1. The Labute approximate surface area is 107 Å². The Kier molecular flexibility index (Phi) is 3.61. The van der Waals surface area contributed by atoms with E-state index in [4.69, 9.17) is 9.26 Å². The average Bonchev–Trinajstić information content (AvgIpc) is 3.12. The summed E-state index contributed by atoms with van der Waals surface area (Å²) in [6, 6.07) is 0.690. The molecule has 100 valence electrons. The Morgan fingerprint density at radius 2 is 2.11 bits per heavy atom. The molecule has 5 heteroatoms. The van der Waals surface area contributed by atoms with Crippen LogP contribution in [0.2, 0.25) is 0 Å². The van der Waals surface area contributed by atoms with Gasteiger partial charge in [0.1, 0.15) is 0 Å². The molecule has 2 aliphatic rings. The van der Waals surface area contributed by atoms with Gasteiger partial charge in [0.15, 0.2) is 5.82 Å². The normalized spacial score (nSPS) is 25.3. The lowest BCUT2D eigenvalue weighted by molar-refractivity contribution is 0.192. The van der Waals surface area contributed by atoms with E-state index in [1.165, 1.54) is 25.7 Å². The Morgan fingerprint density at radius 3 is 2.83 bits per heavy atom. The van der Waals surface area contributed by atoms with E-state index in [1.54, 1.807) is 0 Å². The molecule has 0 radical (unpaired) electrons. The Hall–Kier alpha value is -0.940. The van der Waals surface area contributed by atoms with Crippen LogP contribution in [-0.4, -0.2) is 41.3 Å². The molecule has 3 rings (SSSR count). The van der Waals surface area contributed by atoms with Crippen LogP contribution in [0.5, 0.6) is 0 Å². The number of rotatable bonds is 4. The average molecular weight is 251 g/mol. The van der Waals surface area contributed by atoms with Gasteiger partial charge in [0.25, 0.3) is 0 Å². The minimum Gasteiger partial charge on any atom is -0.381 e. The van der Waals surface area contributed by atoms with Crippen molar-refractivity contribution in [1.82, 2.24) is 15.0 Å². The van der Waals surface area contributed by atoms with Crippen LogP contribution in [0.4, 0.5) is 0 Å². The van der Waals surface area contributed by atoms with Gasteiger partial charge >= 0.3 is 0 Å². The van der Waals surface area contributed by atoms with Crippen molar-refractivity contribution in [2.75, 3.05) is 20.3 Å². The fraction of sp³-hybridized carbons (Fsp3) is 0.846. The lowest BCUT2D eigenvalue weighted by Crippen LogP contribution is -2.28. The third-order valence-corrected chi connectivity index (χ3v) is 4.11. The quantitative estimate of drug-likeness (QED) is 0.818. The van der Waals surface area contributed by atoms with Crippen LogP contribution in [0.1, 0.15) is 49.7 Å². The van der Waals surface area contributed by atoms with Gasteiger partial charge in [-0.05, 0) is 26.3 Å². The van der Waals surface area contributed by atoms with Gasteiger partial charge < -0.3 is 9.26 Å². The predicted octanol–water partition coefficient (Wildman–Crippen LogP) is 1.95. The van der Waals surface area contributed by atoms with Gasteiger partial charge in [0.2, 0.25) is 5.89 Å². The number of hydrogen-bond donors (Lipinski definition) is 0. The highest BCUT2D eigenvalue weighted by atomic mass is 16.5. The third kappa shape index (κ3) is 2.57. The topological polar surface area (TPSA) is 51.4 Å². The van der Waals surface area contributed by atoms with Crippen LogP contribution >= 0.6 is 0 Å². The van der Waals surface area contributed by atoms with Crippen LogP contribution in [-0.2, 0) is 11.3 Å². The summed E-state index contributed by atoms with van der Waals surface area (Å²) in [7, 11) is 2.15. The molecule has 1 aliphatic heterocycles. The molecule has 0 spiro atoms. The van der Waals surface area contributed by atoms with E-state index in [0.29, 0.717) is 12.0 Å². The first kappa shape index (κ1) is 12.1. The zero-order valence-corrected chi connectivity index (χ0v) is 11.0. The van der Waals surface area contributed by atoms with Crippen LogP contribution in [0.25, 0.3) is 0 Å². The Balaban J connectivity index is 1.58. The molecule has 1 aliphatic carbocycles. The molecule has 2 fully saturated rings. The van der Waals surface area contributed by atoms with E-state index < -0.39 is 0 Å². The van der Waals surface area contributed by atoms with E-state index in [9.17, 15) is 0 Å². The summed E-state index contributed by atoms with van der Waals surface area (Å²) >= 11 is 0. The van der Waals surface area contributed by atoms with Crippen LogP contribution in [0.3, 0.4) is 0 Å². The van der Waals surface area contributed by atoms with Crippen LogP contribution in [0, 0.1) is 0 Å². The summed E-state index contributed by atoms with van der Waals surface area (Å²) < 4.78 is 10.7. The Morgan fingerprint density at radius 1 is 1.28 bits per heavy atom. The molecule has 0 aromatic carbocycles. The second-order valence-electron chi connectivity index (χ2n) is 5.46. The molecule has 0 amide bonds. The van der Waals surface area contributed by atoms with Crippen molar-refractivity contribution >= 4 is 0 Å². The summed E-state index contributed by atoms with van der Waals surface area (Å²) in [6.07, 6.45) is 6.31. The first-order valence-corrected chi connectivity index (χ1v) is 6.93. The molecular formula is C13H21N3O2. The van der Waals surface area contributed by atoms with Gasteiger partial charge in [-0.15, -0.1) is 0 Å². The molecule has 18 heavy (non-hydrogen) atoms. The molecule has 1 aromatic heterocycles. The second kappa shape index (κ2) is 5.36. The predicted molar refractivity (Wildman–Crippen MR) is 66.2 cm³/mol. The highest BCUT2D eigenvalue weighted by Gasteiger charge is 2.25. The molecule has 1 atom stereocenters. The maximum absolute atomic E-state index is 5.35. The Bertz CT molecular complexity index is 381. The van der Waals surface area contributed by atoms with Gasteiger partial charge in [-0.3, -0.25) is 4.90 Å². The molecule has 0 bridgehead atoms. The zero-order valence-electron chi connectivity index (χ0n) is 11.0. The fourth-order valence-electron chi connectivity index (χ4n) is 2.92. The number of nitrogens with zero attached hydrogens (tertiary/aromatic N) is 3. The summed E-state index contributed by atoms with van der Waals surface area (Å²) in [5, 5.41) is 4.09. The van der Waals surface area contributed by atoms with Crippen molar-refractivity contribution < 1.29 is 9.26 Å². The van der Waals surface area contributed by atoms with E-state index in [2.05, 4.69) is 22.1 Å². The highest BCUT2D eigenvalue weighted by Crippen LogP contribution is 2.25. The van der Waals surface area contributed by atoms with Crippen molar-refractivity contribution in [1.29, 1.82) is 0 Å².